The van der Waals surface area contributed by atoms with Crippen LogP contribution in [0.2, 0.25) is 0 Å². The standard InChI is InChI=1S/C12H17NO/c1-9(14-13)11-8-4-6-10-5-2-3-7-12(10)11/h2-3,5,7,9,11H,4,6,8,13H2,1H3. The summed E-state index contributed by atoms with van der Waals surface area (Å²) in [5.41, 5.74) is 2.89. The second-order valence-corrected chi connectivity index (χ2v) is 4.04. The monoisotopic (exact) mass is 191 g/mol. The van der Waals surface area contributed by atoms with Gasteiger partial charge in [-0.25, -0.2) is 5.90 Å². The van der Waals surface area contributed by atoms with Crippen LogP contribution in [-0.2, 0) is 11.3 Å². The Hall–Kier alpha value is -0.860. The summed E-state index contributed by atoms with van der Waals surface area (Å²) < 4.78 is 0. The van der Waals surface area contributed by atoms with E-state index < -0.39 is 0 Å². The van der Waals surface area contributed by atoms with E-state index in [0.29, 0.717) is 5.92 Å². The lowest BCUT2D eigenvalue weighted by Gasteiger charge is -2.28. The van der Waals surface area contributed by atoms with Crippen LogP contribution < -0.4 is 5.90 Å². The Bertz CT molecular complexity index is 311. The van der Waals surface area contributed by atoms with Gasteiger partial charge in [0, 0.05) is 5.92 Å². The maximum absolute atomic E-state index is 5.26. The molecule has 0 saturated heterocycles. The summed E-state index contributed by atoms with van der Waals surface area (Å²) in [6.45, 7) is 2.05. The van der Waals surface area contributed by atoms with Crippen molar-refractivity contribution in [3.63, 3.8) is 0 Å². The molecule has 0 spiro atoms. The molecular weight excluding hydrogens is 174 g/mol. The molecule has 14 heavy (non-hydrogen) atoms. The molecule has 0 heterocycles. The van der Waals surface area contributed by atoms with Crippen LogP contribution in [0.3, 0.4) is 0 Å². The molecule has 2 nitrogen and oxygen atoms in total. The normalized spacial score (nSPS) is 22.9. The molecule has 1 aromatic rings. The molecule has 1 aromatic carbocycles. The molecule has 0 saturated carbocycles. The second-order valence-electron chi connectivity index (χ2n) is 4.04. The van der Waals surface area contributed by atoms with E-state index in [-0.39, 0.29) is 6.10 Å². The zero-order valence-corrected chi connectivity index (χ0v) is 8.57. The van der Waals surface area contributed by atoms with Gasteiger partial charge in [-0.3, -0.25) is 0 Å². The molecule has 2 heteroatoms. The first kappa shape index (κ1) is 9.69. The van der Waals surface area contributed by atoms with Gasteiger partial charge < -0.3 is 4.84 Å². The van der Waals surface area contributed by atoms with Gasteiger partial charge in [-0.05, 0) is 37.3 Å². The van der Waals surface area contributed by atoms with Gasteiger partial charge in [0.1, 0.15) is 0 Å². The number of benzene rings is 1. The van der Waals surface area contributed by atoms with Gasteiger partial charge >= 0.3 is 0 Å². The average molecular weight is 191 g/mol. The van der Waals surface area contributed by atoms with Gasteiger partial charge in [-0.1, -0.05) is 24.3 Å². The summed E-state index contributed by atoms with van der Waals surface area (Å²) in [7, 11) is 0. The van der Waals surface area contributed by atoms with E-state index in [1.54, 1.807) is 0 Å². The van der Waals surface area contributed by atoms with Crippen LogP contribution in [0.1, 0.15) is 36.8 Å². The quantitative estimate of drug-likeness (QED) is 0.728. The zero-order valence-electron chi connectivity index (χ0n) is 8.57. The van der Waals surface area contributed by atoms with Crippen molar-refractivity contribution in [2.24, 2.45) is 5.90 Å². The van der Waals surface area contributed by atoms with Crippen LogP contribution in [0.25, 0.3) is 0 Å². The Morgan fingerprint density at radius 2 is 2.21 bits per heavy atom. The van der Waals surface area contributed by atoms with Gasteiger partial charge in [0.05, 0.1) is 6.10 Å². The van der Waals surface area contributed by atoms with Crippen molar-refractivity contribution in [2.75, 3.05) is 0 Å². The fourth-order valence-corrected chi connectivity index (χ4v) is 2.37. The van der Waals surface area contributed by atoms with Crippen molar-refractivity contribution in [1.82, 2.24) is 0 Å². The summed E-state index contributed by atoms with van der Waals surface area (Å²) >= 11 is 0. The smallest absolute Gasteiger partial charge is 0.0827 e. The number of nitrogens with two attached hydrogens (primary N) is 1. The maximum Gasteiger partial charge on any atom is 0.0827 e. The Balaban J connectivity index is 2.30. The Morgan fingerprint density at radius 1 is 1.43 bits per heavy atom. The molecule has 0 aromatic heterocycles. The Morgan fingerprint density at radius 3 is 3.00 bits per heavy atom. The van der Waals surface area contributed by atoms with Gasteiger partial charge in [0.2, 0.25) is 0 Å². The molecule has 0 aliphatic heterocycles. The minimum Gasteiger partial charge on any atom is -0.301 e. The molecule has 2 rings (SSSR count). The third-order valence-electron chi connectivity index (χ3n) is 3.20. The Kier molecular flexibility index (Phi) is 2.85. The van der Waals surface area contributed by atoms with E-state index >= 15 is 0 Å². The molecule has 2 atom stereocenters. The van der Waals surface area contributed by atoms with Gasteiger partial charge in [-0.2, -0.15) is 0 Å². The summed E-state index contributed by atoms with van der Waals surface area (Å²) in [5.74, 6) is 5.74. The van der Waals surface area contributed by atoms with E-state index in [1.165, 1.54) is 30.4 Å². The van der Waals surface area contributed by atoms with E-state index in [0.717, 1.165) is 0 Å². The van der Waals surface area contributed by atoms with Crippen LogP contribution in [0.15, 0.2) is 24.3 Å². The van der Waals surface area contributed by atoms with Crippen molar-refractivity contribution < 1.29 is 4.84 Å². The number of hydrogen-bond donors (Lipinski definition) is 1. The molecule has 2 unspecified atom stereocenters. The third kappa shape index (κ3) is 1.68. The molecule has 76 valence electrons. The molecular formula is C12H17NO. The lowest BCUT2D eigenvalue weighted by molar-refractivity contribution is 0.0425. The van der Waals surface area contributed by atoms with Crippen LogP contribution in [-0.4, -0.2) is 6.10 Å². The lowest BCUT2D eigenvalue weighted by atomic mass is 9.80. The highest BCUT2D eigenvalue weighted by atomic mass is 16.6. The SMILES string of the molecule is CC(ON)C1CCCc2ccccc21. The first-order chi connectivity index (χ1) is 6.83. The average Bonchev–Trinajstić information content (AvgIpc) is 2.27. The highest BCUT2D eigenvalue weighted by molar-refractivity contribution is 5.33. The van der Waals surface area contributed by atoms with Crippen LogP contribution in [0.4, 0.5) is 0 Å². The number of aryl methyl sites for hydroxylation is 1. The predicted octanol–water partition coefficient (Wildman–Crippen LogP) is 2.39. The molecule has 0 radical (unpaired) electrons. The van der Waals surface area contributed by atoms with Crippen molar-refractivity contribution in [2.45, 2.75) is 38.2 Å². The molecule has 0 amide bonds. The van der Waals surface area contributed by atoms with Crippen LogP contribution in [0, 0.1) is 0 Å². The number of fused-ring (bicyclic) bond motifs is 1. The summed E-state index contributed by atoms with van der Waals surface area (Å²) in [6, 6.07) is 8.62. The van der Waals surface area contributed by atoms with E-state index in [9.17, 15) is 0 Å². The van der Waals surface area contributed by atoms with E-state index in [1.807, 2.05) is 6.92 Å². The third-order valence-corrected chi connectivity index (χ3v) is 3.20. The van der Waals surface area contributed by atoms with E-state index in [4.69, 9.17) is 10.7 Å². The lowest BCUT2D eigenvalue weighted by Crippen LogP contribution is -2.25. The van der Waals surface area contributed by atoms with Crippen molar-refractivity contribution in [3.8, 4) is 0 Å². The Labute approximate surface area is 85.0 Å². The molecule has 1 aliphatic carbocycles. The molecule has 2 N–H and O–H groups in total. The van der Waals surface area contributed by atoms with Crippen LogP contribution >= 0.6 is 0 Å². The molecule has 1 aliphatic rings. The number of rotatable bonds is 2. The van der Waals surface area contributed by atoms with Crippen LogP contribution in [0.5, 0.6) is 0 Å². The second kappa shape index (κ2) is 4.11. The molecule has 0 fully saturated rings. The highest BCUT2D eigenvalue weighted by Gasteiger charge is 2.24. The topological polar surface area (TPSA) is 35.2 Å². The van der Waals surface area contributed by atoms with Crippen molar-refractivity contribution in [1.29, 1.82) is 0 Å². The minimum absolute atomic E-state index is 0.122. The largest absolute Gasteiger partial charge is 0.301 e. The fraction of sp³-hybridized carbons (Fsp3) is 0.500. The summed E-state index contributed by atoms with van der Waals surface area (Å²) in [6.07, 6.45) is 3.76. The van der Waals surface area contributed by atoms with Gasteiger partial charge in [0.25, 0.3) is 0 Å². The van der Waals surface area contributed by atoms with Crippen molar-refractivity contribution >= 4 is 0 Å². The highest BCUT2D eigenvalue weighted by Crippen LogP contribution is 2.34. The predicted molar refractivity (Wildman–Crippen MR) is 56.9 cm³/mol. The van der Waals surface area contributed by atoms with Gasteiger partial charge in [0.15, 0.2) is 0 Å². The molecule has 0 bridgehead atoms. The first-order valence-electron chi connectivity index (χ1n) is 5.26. The van der Waals surface area contributed by atoms with E-state index in [2.05, 4.69) is 24.3 Å². The number of hydrogen-bond acceptors (Lipinski definition) is 2. The minimum atomic E-state index is 0.122. The summed E-state index contributed by atoms with van der Waals surface area (Å²) in [5, 5.41) is 0. The summed E-state index contributed by atoms with van der Waals surface area (Å²) in [4.78, 5) is 4.95. The first-order valence-corrected chi connectivity index (χ1v) is 5.26. The maximum atomic E-state index is 5.26. The zero-order chi connectivity index (χ0) is 9.97. The van der Waals surface area contributed by atoms with Crippen molar-refractivity contribution in [3.05, 3.63) is 35.4 Å². The van der Waals surface area contributed by atoms with Gasteiger partial charge in [-0.15, -0.1) is 0 Å². The fourth-order valence-electron chi connectivity index (χ4n) is 2.37.